The average molecular weight is 393 g/mol. The SMILES string of the molecule is N#Cc1ccc(C(=O)NC(=N)C2CCC3CN2C(=O)N3OS(=O)(=O)O)cc1. The Morgan fingerprint density at radius 2 is 2.00 bits per heavy atom. The fourth-order valence-corrected chi connectivity index (χ4v) is 3.49. The summed E-state index contributed by atoms with van der Waals surface area (Å²) < 4.78 is 34.9. The number of fused-ring (bicyclic) bond motifs is 2. The first-order chi connectivity index (χ1) is 12.7. The highest BCUT2D eigenvalue weighted by atomic mass is 32.3. The van der Waals surface area contributed by atoms with Gasteiger partial charge in [0.05, 0.1) is 23.7 Å². The number of amidine groups is 1. The molecule has 0 radical (unpaired) electrons. The number of nitriles is 1. The van der Waals surface area contributed by atoms with Gasteiger partial charge in [0, 0.05) is 12.1 Å². The van der Waals surface area contributed by atoms with E-state index in [2.05, 4.69) is 9.60 Å². The van der Waals surface area contributed by atoms with Crippen molar-refractivity contribution in [3.63, 3.8) is 0 Å². The van der Waals surface area contributed by atoms with E-state index in [-0.39, 0.29) is 17.9 Å². The van der Waals surface area contributed by atoms with Crippen LogP contribution in [0.2, 0.25) is 0 Å². The average Bonchev–Trinajstić information content (AvgIpc) is 2.85. The number of nitrogens with one attached hydrogen (secondary N) is 2. The molecule has 2 unspecified atom stereocenters. The number of rotatable bonds is 4. The highest BCUT2D eigenvalue weighted by molar-refractivity contribution is 7.80. The number of benzene rings is 1. The third-order valence-electron chi connectivity index (χ3n) is 4.35. The number of nitrogens with zero attached hydrogens (tertiary/aromatic N) is 3. The molecule has 2 atom stereocenters. The quantitative estimate of drug-likeness (QED) is 0.375. The number of piperidine rings is 1. The molecule has 2 saturated heterocycles. The molecule has 2 fully saturated rings. The molecule has 11 nitrogen and oxygen atoms in total. The largest absolute Gasteiger partial charge is 0.418 e. The van der Waals surface area contributed by atoms with Crippen LogP contribution in [0.4, 0.5) is 4.79 Å². The number of amides is 3. The molecule has 12 heteroatoms. The first kappa shape index (κ1) is 18.8. The van der Waals surface area contributed by atoms with Gasteiger partial charge in [0.25, 0.3) is 5.91 Å². The maximum atomic E-state index is 12.3. The molecule has 3 N–H and O–H groups in total. The fraction of sp³-hybridized carbons (Fsp3) is 0.333. The lowest BCUT2D eigenvalue weighted by Gasteiger charge is -2.30. The summed E-state index contributed by atoms with van der Waals surface area (Å²) in [5, 5.41) is 19.9. The molecule has 2 aliphatic heterocycles. The van der Waals surface area contributed by atoms with Gasteiger partial charge in [-0.25, -0.2) is 4.79 Å². The molecule has 0 saturated carbocycles. The number of carbonyl (C=O) groups excluding carboxylic acids is 2. The number of hydrogen-bond donors (Lipinski definition) is 3. The van der Waals surface area contributed by atoms with E-state index in [1.54, 1.807) is 0 Å². The molecule has 2 heterocycles. The van der Waals surface area contributed by atoms with Crippen LogP contribution in [0.3, 0.4) is 0 Å². The minimum Gasteiger partial charge on any atom is -0.310 e. The van der Waals surface area contributed by atoms with Gasteiger partial charge in [-0.2, -0.15) is 18.7 Å². The smallest absolute Gasteiger partial charge is 0.310 e. The Hall–Kier alpha value is -3.01. The normalized spacial score (nSPS) is 21.7. The summed E-state index contributed by atoms with van der Waals surface area (Å²) in [6, 6.07) is 5.63. The van der Waals surface area contributed by atoms with Crippen LogP contribution in [0, 0.1) is 16.7 Å². The maximum Gasteiger partial charge on any atom is 0.418 e. The van der Waals surface area contributed by atoms with Gasteiger partial charge in [0.2, 0.25) is 0 Å². The molecule has 2 bridgehead atoms. The topological polar surface area (TPSA) is 164 Å². The lowest BCUT2D eigenvalue weighted by Crippen LogP contribution is -2.50. The summed E-state index contributed by atoms with van der Waals surface area (Å²) in [5.74, 6) is -0.783. The standard InChI is InChI=1S/C15H15N5O6S/c16-7-9-1-3-10(4-2-9)14(21)18-13(17)12-6-5-11-8-19(12)15(22)20(11)26-27(23,24)25/h1-4,11-12H,5-6,8H2,(H2,17,18,21)(H,23,24,25). The van der Waals surface area contributed by atoms with E-state index in [1.807, 2.05) is 6.07 Å². The van der Waals surface area contributed by atoms with Crippen LogP contribution in [0.5, 0.6) is 0 Å². The van der Waals surface area contributed by atoms with Crippen molar-refractivity contribution in [1.29, 1.82) is 10.7 Å². The van der Waals surface area contributed by atoms with E-state index in [0.717, 1.165) is 0 Å². The summed E-state index contributed by atoms with van der Waals surface area (Å²) >= 11 is 0. The summed E-state index contributed by atoms with van der Waals surface area (Å²) in [6.07, 6.45) is 0.645. The van der Waals surface area contributed by atoms with Gasteiger partial charge < -0.3 is 10.2 Å². The van der Waals surface area contributed by atoms with Gasteiger partial charge in [-0.1, -0.05) is 0 Å². The predicted octanol–water partition coefficient (Wildman–Crippen LogP) is 0.268. The van der Waals surface area contributed by atoms with Gasteiger partial charge in [-0.3, -0.25) is 14.8 Å². The second-order valence-corrected chi connectivity index (χ2v) is 7.07. The van der Waals surface area contributed by atoms with Crippen LogP contribution in [0.15, 0.2) is 24.3 Å². The molecule has 27 heavy (non-hydrogen) atoms. The second-order valence-electron chi connectivity index (χ2n) is 6.07. The molecule has 1 aromatic carbocycles. The third-order valence-corrected chi connectivity index (χ3v) is 4.70. The molecule has 0 spiro atoms. The van der Waals surface area contributed by atoms with Crippen molar-refractivity contribution in [3.05, 3.63) is 35.4 Å². The number of hydrogen-bond acceptors (Lipinski definition) is 7. The van der Waals surface area contributed by atoms with Crippen LogP contribution in [0.25, 0.3) is 0 Å². The third kappa shape index (κ3) is 3.90. The van der Waals surface area contributed by atoms with Crippen molar-refractivity contribution < 1.29 is 26.8 Å². The van der Waals surface area contributed by atoms with Gasteiger partial charge in [-0.15, -0.1) is 4.28 Å². The van der Waals surface area contributed by atoms with Gasteiger partial charge in [-0.05, 0) is 37.1 Å². The Morgan fingerprint density at radius 3 is 2.59 bits per heavy atom. The molecule has 142 valence electrons. The monoisotopic (exact) mass is 393 g/mol. The molecular weight excluding hydrogens is 378 g/mol. The first-order valence-corrected chi connectivity index (χ1v) is 9.23. The molecule has 0 aromatic heterocycles. The Balaban J connectivity index is 1.68. The summed E-state index contributed by atoms with van der Waals surface area (Å²) in [5.41, 5.74) is 0.637. The first-order valence-electron chi connectivity index (χ1n) is 7.86. The van der Waals surface area contributed by atoms with E-state index in [0.29, 0.717) is 23.5 Å². The zero-order chi connectivity index (χ0) is 19.8. The van der Waals surface area contributed by atoms with E-state index < -0.39 is 34.4 Å². The zero-order valence-electron chi connectivity index (χ0n) is 13.8. The minimum absolute atomic E-state index is 0.105. The molecule has 2 aliphatic rings. The number of hydroxylamine groups is 2. The second kappa shape index (κ2) is 6.95. The molecule has 1 aromatic rings. The van der Waals surface area contributed by atoms with Crippen LogP contribution in [-0.4, -0.2) is 59.3 Å². The maximum absolute atomic E-state index is 12.3. The van der Waals surface area contributed by atoms with E-state index in [1.165, 1.54) is 29.2 Å². The Morgan fingerprint density at radius 1 is 1.33 bits per heavy atom. The summed E-state index contributed by atoms with van der Waals surface area (Å²) in [4.78, 5) is 25.8. The van der Waals surface area contributed by atoms with Gasteiger partial charge in [0.15, 0.2) is 0 Å². The summed E-state index contributed by atoms with van der Waals surface area (Å²) in [6.45, 7) is 0.105. The zero-order valence-corrected chi connectivity index (χ0v) is 14.6. The van der Waals surface area contributed by atoms with Crippen LogP contribution < -0.4 is 5.32 Å². The van der Waals surface area contributed by atoms with Crippen molar-refractivity contribution in [2.75, 3.05) is 6.54 Å². The highest BCUT2D eigenvalue weighted by Gasteiger charge is 2.48. The molecule has 3 amide bonds. The van der Waals surface area contributed by atoms with Gasteiger partial charge in [0.1, 0.15) is 5.84 Å². The Kier molecular flexibility index (Phi) is 4.83. The lowest BCUT2D eigenvalue weighted by atomic mass is 10.00. The number of urea groups is 1. The van der Waals surface area contributed by atoms with Crippen LogP contribution in [0.1, 0.15) is 28.8 Å². The molecule has 0 aliphatic carbocycles. The van der Waals surface area contributed by atoms with Crippen molar-refractivity contribution in [2.45, 2.75) is 24.9 Å². The van der Waals surface area contributed by atoms with Gasteiger partial charge >= 0.3 is 16.4 Å². The predicted molar refractivity (Wildman–Crippen MR) is 89.7 cm³/mol. The lowest BCUT2D eigenvalue weighted by molar-refractivity contribution is -0.0316. The highest BCUT2D eigenvalue weighted by Crippen LogP contribution is 2.30. The fourth-order valence-electron chi connectivity index (χ4n) is 3.11. The van der Waals surface area contributed by atoms with Crippen LogP contribution >= 0.6 is 0 Å². The van der Waals surface area contributed by atoms with Crippen LogP contribution in [-0.2, 0) is 14.7 Å². The van der Waals surface area contributed by atoms with E-state index in [4.69, 9.17) is 15.2 Å². The van der Waals surface area contributed by atoms with E-state index >= 15 is 0 Å². The minimum atomic E-state index is -4.85. The molecule has 3 rings (SSSR count). The van der Waals surface area contributed by atoms with Crippen molar-refractivity contribution in [3.8, 4) is 6.07 Å². The number of carbonyl (C=O) groups is 2. The molecular formula is C15H15N5O6S. The Bertz CT molecular complexity index is 938. The van der Waals surface area contributed by atoms with Crippen molar-refractivity contribution >= 4 is 28.2 Å². The van der Waals surface area contributed by atoms with Crippen molar-refractivity contribution in [2.24, 2.45) is 0 Å². The van der Waals surface area contributed by atoms with E-state index in [9.17, 15) is 18.0 Å². The summed E-state index contributed by atoms with van der Waals surface area (Å²) in [7, 11) is -4.85. The Labute approximate surface area is 154 Å². The van der Waals surface area contributed by atoms with Crippen molar-refractivity contribution in [1.82, 2.24) is 15.3 Å².